The molecule has 1 aromatic heterocycles. The van der Waals surface area contributed by atoms with Crippen LogP contribution in [-0.4, -0.2) is 60.8 Å². The number of aliphatic hydroxyl groups is 1. The average molecular weight is 390 g/mol. The molecule has 3 rings (SSSR count). The molecule has 0 saturated carbocycles. The van der Waals surface area contributed by atoms with Gasteiger partial charge >= 0.3 is 5.97 Å². The molecule has 2 heterocycles. The highest BCUT2D eigenvalue weighted by molar-refractivity contribution is 6.06. The first-order valence-electron chi connectivity index (χ1n) is 9.90. The van der Waals surface area contributed by atoms with E-state index in [1.807, 2.05) is 36.7 Å². The third-order valence-electron chi connectivity index (χ3n) is 5.16. The summed E-state index contributed by atoms with van der Waals surface area (Å²) in [6.45, 7) is 6.21. The molecule has 0 radical (unpaired) electrons. The Kier molecular flexibility index (Phi) is 6.93. The third-order valence-corrected chi connectivity index (χ3v) is 5.16. The fourth-order valence-corrected chi connectivity index (χ4v) is 3.57. The number of hydrogen-bond donors (Lipinski definition) is 2. The Hall–Kier alpha value is -2.09. The lowest BCUT2D eigenvalue weighted by atomic mass is 10.1. The summed E-state index contributed by atoms with van der Waals surface area (Å²) in [7, 11) is 1.92. The van der Waals surface area contributed by atoms with Crippen LogP contribution in [0.2, 0.25) is 0 Å². The molecule has 0 spiro atoms. The second-order valence-corrected chi connectivity index (χ2v) is 7.18. The largest absolute Gasteiger partial charge is 0.491 e. The number of nitrogens with one attached hydrogen (secondary N) is 1. The summed E-state index contributed by atoms with van der Waals surface area (Å²) in [5.74, 6) is 0.281. The van der Waals surface area contributed by atoms with E-state index in [9.17, 15) is 9.90 Å². The molecule has 2 atom stereocenters. The van der Waals surface area contributed by atoms with Crippen molar-refractivity contribution >= 4 is 16.9 Å². The van der Waals surface area contributed by atoms with Crippen LogP contribution in [0.3, 0.4) is 0 Å². The van der Waals surface area contributed by atoms with Gasteiger partial charge in [0, 0.05) is 43.3 Å². The van der Waals surface area contributed by atoms with E-state index in [0.29, 0.717) is 24.5 Å². The minimum Gasteiger partial charge on any atom is -0.491 e. The van der Waals surface area contributed by atoms with Crippen molar-refractivity contribution in [1.29, 1.82) is 0 Å². The first kappa shape index (κ1) is 20.6. The molecule has 0 aliphatic carbocycles. The van der Waals surface area contributed by atoms with Crippen LogP contribution < -0.4 is 10.1 Å². The number of aliphatic hydroxyl groups excluding tert-OH is 1. The van der Waals surface area contributed by atoms with Crippen molar-refractivity contribution in [2.24, 2.45) is 7.05 Å². The lowest BCUT2D eigenvalue weighted by molar-refractivity contribution is 0.0527. The fourth-order valence-electron chi connectivity index (χ4n) is 3.57. The number of carbonyl (C=O) groups excluding carboxylic acids is 1. The van der Waals surface area contributed by atoms with E-state index in [1.54, 1.807) is 6.92 Å². The number of aromatic nitrogens is 1. The van der Waals surface area contributed by atoms with E-state index in [1.165, 1.54) is 0 Å². The van der Waals surface area contributed by atoms with Crippen molar-refractivity contribution in [2.75, 3.05) is 32.9 Å². The predicted octanol–water partition coefficient (Wildman–Crippen LogP) is 2.17. The van der Waals surface area contributed by atoms with Crippen molar-refractivity contribution in [3.05, 3.63) is 29.5 Å². The van der Waals surface area contributed by atoms with Crippen LogP contribution in [0.5, 0.6) is 5.75 Å². The minimum absolute atomic E-state index is 0.171. The monoisotopic (exact) mass is 390 g/mol. The Bertz CT molecular complexity index is 811. The second kappa shape index (κ2) is 9.41. The highest BCUT2D eigenvalue weighted by atomic mass is 16.5. The van der Waals surface area contributed by atoms with Gasteiger partial charge < -0.3 is 29.2 Å². The smallest absolute Gasteiger partial charge is 0.340 e. The van der Waals surface area contributed by atoms with Gasteiger partial charge in [0.2, 0.25) is 0 Å². The molecule has 1 aliphatic rings. The van der Waals surface area contributed by atoms with Gasteiger partial charge in [0.1, 0.15) is 18.5 Å². The number of aryl methyl sites for hydroxylation is 1. The molecule has 1 aliphatic heterocycles. The number of hydrogen-bond acceptors (Lipinski definition) is 6. The van der Waals surface area contributed by atoms with Crippen molar-refractivity contribution in [1.82, 2.24) is 9.88 Å². The maximum Gasteiger partial charge on any atom is 0.340 e. The number of ether oxygens (including phenoxy) is 3. The first-order chi connectivity index (χ1) is 13.5. The Morgan fingerprint density at radius 2 is 2.29 bits per heavy atom. The fraction of sp³-hybridized carbons (Fsp3) is 0.571. The van der Waals surface area contributed by atoms with Gasteiger partial charge in [-0.3, -0.25) is 0 Å². The van der Waals surface area contributed by atoms with Crippen molar-refractivity contribution < 1.29 is 24.1 Å². The van der Waals surface area contributed by atoms with Gasteiger partial charge in [0.25, 0.3) is 0 Å². The van der Waals surface area contributed by atoms with Crippen LogP contribution in [0.4, 0.5) is 0 Å². The van der Waals surface area contributed by atoms with Gasteiger partial charge in [-0.15, -0.1) is 0 Å². The van der Waals surface area contributed by atoms with Gasteiger partial charge in [0.15, 0.2) is 0 Å². The Morgan fingerprint density at radius 1 is 1.46 bits per heavy atom. The van der Waals surface area contributed by atoms with Crippen molar-refractivity contribution in [3.8, 4) is 5.75 Å². The molecule has 7 heteroatoms. The zero-order valence-corrected chi connectivity index (χ0v) is 16.9. The van der Waals surface area contributed by atoms with Crippen LogP contribution in [-0.2, 0) is 16.5 Å². The van der Waals surface area contributed by atoms with Crippen LogP contribution in [0, 0.1) is 6.92 Å². The van der Waals surface area contributed by atoms with Gasteiger partial charge in [0.05, 0.1) is 18.3 Å². The SMILES string of the molecule is CCOC(=O)c1c(C)n(C)c2ccc(OCC(O)CNCC3CCCO3)cc12. The summed E-state index contributed by atoms with van der Waals surface area (Å²) in [5.41, 5.74) is 2.35. The second-order valence-electron chi connectivity index (χ2n) is 7.18. The molecule has 2 aromatic rings. The molecule has 28 heavy (non-hydrogen) atoms. The Balaban J connectivity index is 1.61. The van der Waals surface area contributed by atoms with Crippen molar-refractivity contribution in [3.63, 3.8) is 0 Å². The number of nitrogens with zero attached hydrogens (tertiary/aromatic N) is 1. The van der Waals surface area contributed by atoms with Crippen LogP contribution >= 0.6 is 0 Å². The normalized spacial score (nSPS) is 17.8. The number of esters is 1. The molecule has 1 fully saturated rings. The number of benzene rings is 1. The lowest BCUT2D eigenvalue weighted by Gasteiger charge is -2.15. The predicted molar refractivity (Wildman–Crippen MR) is 107 cm³/mol. The highest BCUT2D eigenvalue weighted by Crippen LogP contribution is 2.29. The van der Waals surface area contributed by atoms with Gasteiger partial charge in [-0.2, -0.15) is 0 Å². The molecule has 154 valence electrons. The zero-order chi connectivity index (χ0) is 20.1. The van der Waals surface area contributed by atoms with E-state index >= 15 is 0 Å². The van der Waals surface area contributed by atoms with E-state index in [-0.39, 0.29) is 18.7 Å². The molecular weight excluding hydrogens is 360 g/mol. The van der Waals surface area contributed by atoms with Gasteiger partial charge in [-0.05, 0) is 44.9 Å². The molecule has 1 aromatic carbocycles. The zero-order valence-electron chi connectivity index (χ0n) is 16.9. The number of fused-ring (bicyclic) bond motifs is 1. The molecule has 0 amide bonds. The summed E-state index contributed by atoms with van der Waals surface area (Å²) >= 11 is 0. The molecule has 7 nitrogen and oxygen atoms in total. The van der Waals surface area contributed by atoms with E-state index < -0.39 is 6.10 Å². The van der Waals surface area contributed by atoms with Gasteiger partial charge in [-0.25, -0.2) is 4.79 Å². The molecule has 0 bridgehead atoms. The van der Waals surface area contributed by atoms with Crippen LogP contribution in [0.25, 0.3) is 10.9 Å². The molecular formula is C21H30N2O5. The summed E-state index contributed by atoms with van der Waals surface area (Å²) in [5, 5.41) is 14.2. The average Bonchev–Trinajstić information content (AvgIpc) is 3.27. The summed E-state index contributed by atoms with van der Waals surface area (Å²) < 4.78 is 18.5. The third kappa shape index (κ3) is 4.66. The Labute approximate surface area is 165 Å². The standard InChI is InChI=1S/C21H30N2O5/c1-4-26-21(25)20-14(2)23(3)19-8-7-16(10-18(19)20)28-13-15(24)11-22-12-17-6-5-9-27-17/h7-8,10,15,17,22,24H,4-6,9,11-13H2,1-3H3. The molecule has 1 saturated heterocycles. The summed E-state index contributed by atoms with van der Waals surface area (Å²) in [6.07, 6.45) is 1.80. The maximum absolute atomic E-state index is 12.4. The number of carbonyl (C=O) groups is 1. The van der Waals surface area contributed by atoms with Gasteiger partial charge in [-0.1, -0.05) is 0 Å². The lowest BCUT2D eigenvalue weighted by Crippen LogP contribution is -2.35. The number of rotatable bonds is 9. The minimum atomic E-state index is -0.626. The highest BCUT2D eigenvalue weighted by Gasteiger charge is 2.20. The molecule has 2 unspecified atom stereocenters. The Morgan fingerprint density at radius 3 is 3.00 bits per heavy atom. The van der Waals surface area contributed by atoms with Crippen LogP contribution in [0.15, 0.2) is 18.2 Å². The molecule has 2 N–H and O–H groups in total. The summed E-state index contributed by atoms with van der Waals surface area (Å²) in [4.78, 5) is 12.4. The van der Waals surface area contributed by atoms with Crippen molar-refractivity contribution in [2.45, 2.75) is 38.9 Å². The van der Waals surface area contributed by atoms with E-state index in [2.05, 4.69) is 5.32 Å². The van der Waals surface area contributed by atoms with E-state index in [4.69, 9.17) is 14.2 Å². The topological polar surface area (TPSA) is 82.0 Å². The first-order valence-corrected chi connectivity index (χ1v) is 9.90. The maximum atomic E-state index is 12.4. The van der Waals surface area contributed by atoms with Crippen LogP contribution in [0.1, 0.15) is 35.8 Å². The van der Waals surface area contributed by atoms with E-state index in [0.717, 1.165) is 42.6 Å². The summed E-state index contributed by atoms with van der Waals surface area (Å²) in [6, 6.07) is 5.60. The quantitative estimate of drug-likeness (QED) is 0.639.